The molecule has 4 aromatic rings. The highest BCUT2D eigenvalue weighted by Gasteiger charge is 2.19. The SMILES string of the molecule is Cc1cccc2sc(C(=O)NC(=S)Nc3cccc(O[C@H](C)c4ccccc4)c3)c(Cl)c12. The lowest BCUT2D eigenvalue weighted by molar-refractivity contribution is 0.0982. The van der Waals surface area contributed by atoms with Gasteiger partial charge in [-0.15, -0.1) is 11.3 Å². The van der Waals surface area contributed by atoms with Crippen LogP contribution in [-0.4, -0.2) is 11.0 Å². The van der Waals surface area contributed by atoms with Crippen LogP contribution in [0.5, 0.6) is 5.75 Å². The maximum Gasteiger partial charge on any atom is 0.269 e. The van der Waals surface area contributed by atoms with Crippen LogP contribution in [0, 0.1) is 6.92 Å². The van der Waals surface area contributed by atoms with Crippen molar-refractivity contribution in [3.63, 3.8) is 0 Å². The van der Waals surface area contributed by atoms with Crippen LogP contribution in [0.3, 0.4) is 0 Å². The van der Waals surface area contributed by atoms with Gasteiger partial charge in [0.25, 0.3) is 5.91 Å². The standard InChI is InChI=1S/C25H21ClN2O2S2/c1-15-8-6-13-20-21(15)22(26)23(32-20)24(29)28-25(31)27-18-11-7-12-19(14-18)30-16(2)17-9-4-3-5-10-17/h3-14,16H,1-2H3,(H2,27,28,29,31)/t16-/m1/s1. The van der Waals surface area contributed by atoms with Crippen molar-refractivity contribution in [1.29, 1.82) is 0 Å². The molecule has 0 spiro atoms. The fourth-order valence-corrected chi connectivity index (χ4v) is 5.17. The monoisotopic (exact) mass is 480 g/mol. The van der Waals surface area contributed by atoms with Gasteiger partial charge in [-0.3, -0.25) is 10.1 Å². The van der Waals surface area contributed by atoms with Crippen LogP contribution in [0.15, 0.2) is 72.8 Å². The van der Waals surface area contributed by atoms with Crippen LogP contribution in [0.2, 0.25) is 5.02 Å². The van der Waals surface area contributed by atoms with Gasteiger partial charge in [0.15, 0.2) is 5.11 Å². The van der Waals surface area contributed by atoms with Crippen molar-refractivity contribution in [2.75, 3.05) is 5.32 Å². The second-order valence-electron chi connectivity index (χ2n) is 7.30. The van der Waals surface area contributed by atoms with Crippen molar-refractivity contribution in [3.05, 3.63) is 93.8 Å². The molecular formula is C25H21ClN2O2S2. The predicted octanol–water partition coefficient (Wildman–Crippen LogP) is 7.13. The maximum absolute atomic E-state index is 12.8. The van der Waals surface area contributed by atoms with E-state index in [0.717, 1.165) is 21.2 Å². The second kappa shape index (κ2) is 9.69. The Labute approximate surface area is 201 Å². The molecule has 4 rings (SSSR count). The Kier molecular flexibility index (Phi) is 6.74. The minimum Gasteiger partial charge on any atom is -0.486 e. The van der Waals surface area contributed by atoms with E-state index in [0.29, 0.717) is 21.3 Å². The predicted molar refractivity (Wildman–Crippen MR) is 137 cm³/mol. The third-order valence-electron chi connectivity index (χ3n) is 4.97. The number of aryl methyl sites for hydroxylation is 1. The number of anilines is 1. The van der Waals surface area contributed by atoms with E-state index >= 15 is 0 Å². The maximum atomic E-state index is 12.8. The zero-order valence-electron chi connectivity index (χ0n) is 17.5. The molecule has 1 heterocycles. The molecule has 162 valence electrons. The number of thiophene rings is 1. The summed E-state index contributed by atoms with van der Waals surface area (Å²) in [6.07, 6.45) is -0.100. The summed E-state index contributed by atoms with van der Waals surface area (Å²) in [5, 5.41) is 7.30. The first-order chi connectivity index (χ1) is 15.4. The molecule has 1 amide bonds. The van der Waals surface area contributed by atoms with Gasteiger partial charge in [0.1, 0.15) is 16.7 Å². The minimum atomic E-state index is -0.335. The van der Waals surface area contributed by atoms with Crippen LogP contribution in [-0.2, 0) is 0 Å². The Bertz CT molecular complexity index is 1290. The molecule has 3 aromatic carbocycles. The zero-order valence-corrected chi connectivity index (χ0v) is 19.9. The Morgan fingerprint density at radius 3 is 2.56 bits per heavy atom. The summed E-state index contributed by atoms with van der Waals surface area (Å²) < 4.78 is 7.02. The van der Waals surface area contributed by atoms with Gasteiger partial charge in [-0.1, -0.05) is 60.1 Å². The van der Waals surface area contributed by atoms with Gasteiger partial charge in [-0.25, -0.2) is 0 Å². The Morgan fingerprint density at radius 2 is 1.81 bits per heavy atom. The number of fused-ring (bicyclic) bond motifs is 1. The van der Waals surface area contributed by atoms with E-state index in [4.69, 9.17) is 28.6 Å². The van der Waals surface area contributed by atoms with E-state index in [9.17, 15) is 4.79 Å². The molecule has 0 bridgehead atoms. The number of rotatable bonds is 5. The van der Waals surface area contributed by atoms with E-state index in [2.05, 4.69) is 10.6 Å². The smallest absolute Gasteiger partial charge is 0.269 e. The summed E-state index contributed by atoms with van der Waals surface area (Å²) in [6, 6.07) is 23.3. The quantitative estimate of drug-likeness (QED) is 0.298. The van der Waals surface area contributed by atoms with Gasteiger partial charge in [0, 0.05) is 21.8 Å². The van der Waals surface area contributed by atoms with Crippen LogP contribution < -0.4 is 15.4 Å². The molecule has 1 atom stereocenters. The first-order valence-electron chi connectivity index (χ1n) is 10.0. The fourth-order valence-electron chi connectivity index (χ4n) is 3.39. The van der Waals surface area contributed by atoms with E-state index in [1.54, 1.807) is 0 Å². The lowest BCUT2D eigenvalue weighted by atomic mass is 10.1. The first kappa shape index (κ1) is 22.3. The molecular weight excluding hydrogens is 460 g/mol. The molecule has 0 fully saturated rings. The summed E-state index contributed by atoms with van der Waals surface area (Å²) in [7, 11) is 0. The van der Waals surface area contributed by atoms with Gasteiger partial charge >= 0.3 is 0 Å². The van der Waals surface area contributed by atoms with E-state index in [1.807, 2.05) is 86.6 Å². The van der Waals surface area contributed by atoms with E-state index in [1.165, 1.54) is 11.3 Å². The van der Waals surface area contributed by atoms with Crippen molar-refractivity contribution in [1.82, 2.24) is 5.32 Å². The molecule has 32 heavy (non-hydrogen) atoms. The number of benzene rings is 3. The van der Waals surface area contributed by atoms with Gasteiger partial charge < -0.3 is 10.1 Å². The van der Waals surface area contributed by atoms with E-state index in [-0.39, 0.29) is 17.1 Å². The number of ether oxygens (including phenoxy) is 1. The summed E-state index contributed by atoms with van der Waals surface area (Å²) in [6.45, 7) is 3.97. The van der Waals surface area contributed by atoms with Crippen molar-refractivity contribution in [2.24, 2.45) is 0 Å². The first-order valence-corrected chi connectivity index (χ1v) is 11.6. The molecule has 7 heteroatoms. The molecule has 0 saturated carbocycles. The average molecular weight is 481 g/mol. The summed E-state index contributed by atoms with van der Waals surface area (Å²) >= 11 is 13.2. The molecule has 0 unspecified atom stereocenters. The highest BCUT2D eigenvalue weighted by Crippen LogP contribution is 2.37. The number of thiocarbonyl (C=S) groups is 1. The fraction of sp³-hybridized carbons (Fsp3) is 0.120. The largest absolute Gasteiger partial charge is 0.486 e. The Balaban J connectivity index is 1.42. The molecule has 0 saturated heterocycles. The number of carbonyl (C=O) groups is 1. The molecule has 1 aromatic heterocycles. The van der Waals surface area contributed by atoms with Crippen molar-refractivity contribution < 1.29 is 9.53 Å². The zero-order chi connectivity index (χ0) is 22.7. The van der Waals surface area contributed by atoms with Crippen molar-refractivity contribution >= 4 is 61.9 Å². The Hall–Kier alpha value is -2.93. The van der Waals surface area contributed by atoms with Gasteiger partial charge in [0.2, 0.25) is 0 Å². The number of nitrogens with one attached hydrogen (secondary N) is 2. The number of hydrogen-bond acceptors (Lipinski definition) is 4. The van der Waals surface area contributed by atoms with Crippen molar-refractivity contribution in [2.45, 2.75) is 20.0 Å². The highest BCUT2D eigenvalue weighted by atomic mass is 35.5. The average Bonchev–Trinajstić information content (AvgIpc) is 3.12. The molecule has 0 radical (unpaired) electrons. The molecule has 0 aliphatic heterocycles. The van der Waals surface area contributed by atoms with Gasteiger partial charge in [-0.2, -0.15) is 0 Å². The van der Waals surface area contributed by atoms with Crippen molar-refractivity contribution in [3.8, 4) is 5.75 Å². The number of hydrogen-bond donors (Lipinski definition) is 2. The number of amides is 1. The van der Waals surface area contributed by atoms with Crippen LogP contribution in [0.25, 0.3) is 10.1 Å². The number of halogens is 1. The summed E-state index contributed by atoms with van der Waals surface area (Å²) in [5.74, 6) is 0.363. The lowest BCUT2D eigenvalue weighted by Gasteiger charge is -2.16. The summed E-state index contributed by atoms with van der Waals surface area (Å²) in [5.41, 5.74) is 2.83. The second-order valence-corrected chi connectivity index (χ2v) is 9.14. The Morgan fingerprint density at radius 1 is 1.06 bits per heavy atom. The van der Waals surface area contributed by atoms with Gasteiger partial charge in [0.05, 0.1) is 5.02 Å². The van der Waals surface area contributed by atoms with Crippen LogP contribution in [0.1, 0.15) is 33.8 Å². The van der Waals surface area contributed by atoms with Gasteiger partial charge in [-0.05, 0) is 55.4 Å². The summed E-state index contributed by atoms with van der Waals surface area (Å²) in [4.78, 5) is 13.2. The molecule has 4 nitrogen and oxygen atoms in total. The normalized spacial score (nSPS) is 11.7. The number of carbonyl (C=O) groups excluding carboxylic acids is 1. The third kappa shape index (κ3) is 4.93. The highest BCUT2D eigenvalue weighted by molar-refractivity contribution is 7.80. The molecule has 2 N–H and O–H groups in total. The minimum absolute atomic E-state index is 0.100. The van der Waals surface area contributed by atoms with E-state index < -0.39 is 0 Å². The topological polar surface area (TPSA) is 50.4 Å². The van der Waals surface area contributed by atoms with Crippen LogP contribution >= 0.6 is 35.2 Å². The molecule has 0 aliphatic rings. The third-order valence-corrected chi connectivity index (χ3v) is 6.82. The van der Waals surface area contributed by atoms with Crippen LogP contribution in [0.4, 0.5) is 5.69 Å². The lowest BCUT2D eigenvalue weighted by Crippen LogP contribution is -2.33. The molecule has 0 aliphatic carbocycles.